The molecule has 0 saturated heterocycles. The number of carbonyl (C=O) groups excluding carboxylic acids is 1. The molecular weight excluding hydrogens is 375 g/mol. The van der Waals surface area contributed by atoms with Crippen LogP contribution in [-0.4, -0.2) is 38.2 Å². The second kappa shape index (κ2) is 14.7. The number of amides is 1. The topological polar surface area (TPSA) is 85.9 Å². The van der Waals surface area contributed by atoms with Crippen LogP contribution in [0.3, 0.4) is 0 Å². The standard InChI is InChI=1S/C15H20FN3O3.C2H4F2.C2H6/c1-21-7-6-14(20)19-11-2-5-13(16)10(8-11)9-18-15(17)22-12-3-4-12;1-2(3)4;1-2/h2,5,8,12H,3-4,6-7,9H2,1H3,(H2,17,18)(H,19,20);2H,1H3;1-2H3. The molecule has 0 aromatic heterocycles. The van der Waals surface area contributed by atoms with Crippen molar-refractivity contribution in [2.24, 2.45) is 10.7 Å². The van der Waals surface area contributed by atoms with Gasteiger partial charge in [-0.2, -0.15) is 0 Å². The van der Waals surface area contributed by atoms with Crippen molar-refractivity contribution in [3.8, 4) is 0 Å². The van der Waals surface area contributed by atoms with Crippen LogP contribution in [0.25, 0.3) is 0 Å². The van der Waals surface area contributed by atoms with Crippen molar-refractivity contribution >= 4 is 17.6 Å². The molecule has 1 aliphatic rings. The van der Waals surface area contributed by atoms with Gasteiger partial charge in [0.25, 0.3) is 6.02 Å². The first kappa shape index (κ1) is 25.7. The minimum absolute atomic E-state index is 0.0617. The molecule has 0 bridgehead atoms. The van der Waals surface area contributed by atoms with Gasteiger partial charge < -0.3 is 20.5 Å². The molecule has 6 nitrogen and oxygen atoms in total. The summed E-state index contributed by atoms with van der Waals surface area (Å²) in [6.45, 7) is 5.23. The Morgan fingerprint density at radius 1 is 1.36 bits per heavy atom. The number of anilines is 1. The van der Waals surface area contributed by atoms with E-state index >= 15 is 0 Å². The van der Waals surface area contributed by atoms with Gasteiger partial charge in [-0.25, -0.2) is 18.2 Å². The van der Waals surface area contributed by atoms with Crippen LogP contribution in [-0.2, 0) is 20.8 Å². The molecule has 0 spiro atoms. The minimum Gasteiger partial charge on any atom is -0.462 e. The second-order valence-electron chi connectivity index (χ2n) is 5.59. The lowest BCUT2D eigenvalue weighted by atomic mass is 10.2. The second-order valence-corrected chi connectivity index (χ2v) is 5.59. The number of ether oxygens (including phenoxy) is 2. The van der Waals surface area contributed by atoms with Crippen molar-refractivity contribution in [3.05, 3.63) is 29.6 Å². The summed E-state index contributed by atoms with van der Waals surface area (Å²) < 4.78 is 44.5. The number of nitrogens with one attached hydrogen (secondary N) is 1. The predicted octanol–water partition coefficient (Wildman–Crippen LogP) is 4.09. The first-order valence-electron chi connectivity index (χ1n) is 9.13. The van der Waals surface area contributed by atoms with Gasteiger partial charge in [0.2, 0.25) is 12.3 Å². The Morgan fingerprint density at radius 3 is 2.50 bits per heavy atom. The highest BCUT2D eigenvalue weighted by molar-refractivity contribution is 5.90. The molecule has 0 unspecified atom stereocenters. The highest BCUT2D eigenvalue weighted by atomic mass is 19.3. The van der Waals surface area contributed by atoms with E-state index in [1.807, 2.05) is 13.8 Å². The number of carbonyl (C=O) groups is 1. The van der Waals surface area contributed by atoms with E-state index < -0.39 is 12.2 Å². The molecule has 0 radical (unpaired) electrons. The fraction of sp³-hybridized carbons (Fsp3) is 0.579. The Labute approximate surface area is 164 Å². The van der Waals surface area contributed by atoms with Gasteiger partial charge in [-0.05, 0) is 38.0 Å². The van der Waals surface area contributed by atoms with Crippen LogP contribution in [0.1, 0.15) is 45.6 Å². The zero-order valence-corrected chi connectivity index (χ0v) is 16.8. The van der Waals surface area contributed by atoms with Gasteiger partial charge >= 0.3 is 0 Å². The van der Waals surface area contributed by atoms with E-state index in [1.54, 1.807) is 0 Å². The van der Waals surface area contributed by atoms with Crippen LogP contribution in [0.4, 0.5) is 18.9 Å². The number of nitrogens with two attached hydrogens (primary N) is 1. The largest absolute Gasteiger partial charge is 0.462 e. The maximum atomic E-state index is 13.8. The van der Waals surface area contributed by atoms with Gasteiger partial charge in [-0.3, -0.25) is 4.79 Å². The molecule has 1 saturated carbocycles. The van der Waals surface area contributed by atoms with E-state index in [0.29, 0.717) is 17.9 Å². The summed E-state index contributed by atoms with van der Waals surface area (Å²) in [4.78, 5) is 15.6. The number of benzene rings is 1. The third-order valence-electron chi connectivity index (χ3n) is 3.08. The average Bonchev–Trinajstić information content (AvgIpc) is 3.45. The lowest BCUT2D eigenvalue weighted by molar-refractivity contribution is -0.117. The number of methoxy groups -OCH3 is 1. The van der Waals surface area contributed by atoms with Crippen LogP contribution in [0.5, 0.6) is 0 Å². The Bertz CT molecular complexity index is 607. The van der Waals surface area contributed by atoms with Crippen LogP contribution in [0.2, 0.25) is 0 Å². The van der Waals surface area contributed by atoms with E-state index in [2.05, 4.69) is 10.3 Å². The molecule has 0 atom stereocenters. The first-order chi connectivity index (χ1) is 13.3. The fourth-order valence-corrected chi connectivity index (χ4v) is 1.75. The van der Waals surface area contributed by atoms with E-state index in [9.17, 15) is 18.0 Å². The molecule has 160 valence electrons. The molecule has 28 heavy (non-hydrogen) atoms. The van der Waals surface area contributed by atoms with Crippen molar-refractivity contribution in [2.75, 3.05) is 19.0 Å². The van der Waals surface area contributed by atoms with Gasteiger partial charge in [-0.1, -0.05) is 13.8 Å². The predicted molar refractivity (Wildman–Crippen MR) is 104 cm³/mol. The summed E-state index contributed by atoms with van der Waals surface area (Å²) in [7, 11) is 1.52. The van der Waals surface area contributed by atoms with Gasteiger partial charge in [0.1, 0.15) is 11.9 Å². The highest BCUT2D eigenvalue weighted by Gasteiger charge is 2.24. The fourth-order valence-electron chi connectivity index (χ4n) is 1.75. The van der Waals surface area contributed by atoms with Crippen molar-refractivity contribution < 1.29 is 27.4 Å². The Hall–Kier alpha value is -2.29. The molecule has 1 aliphatic carbocycles. The first-order valence-corrected chi connectivity index (χ1v) is 9.13. The SMILES string of the molecule is CC.CC(F)F.COCCC(=O)Nc1ccc(F)c(CN=C(N)OC2CC2)c1. The van der Waals surface area contributed by atoms with E-state index in [0.717, 1.165) is 19.8 Å². The third kappa shape index (κ3) is 13.0. The smallest absolute Gasteiger partial charge is 0.282 e. The molecule has 9 heteroatoms. The summed E-state index contributed by atoms with van der Waals surface area (Å²) in [6, 6.07) is 4.39. The van der Waals surface area contributed by atoms with Gasteiger partial charge in [-0.15, -0.1) is 0 Å². The summed E-state index contributed by atoms with van der Waals surface area (Å²) in [5.41, 5.74) is 6.46. The van der Waals surface area contributed by atoms with Gasteiger partial charge in [0.05, 0.1) is 19.6 Å². The van der Waals surface area contributed by atoms with E-state index in [-0.39, 0.29) is 31.0 Å². The molecule has 1 aromatic carbocycles. The number of rotatable bonds is 7. The summed E-state index contributed by atoms with van der Waals surface area (Å²) in [5, 5.41) is 2.68. The lowest BCUT2D eigenvalue weighted by Crippen LogP contribution is -2.17. The monoisotopic (exact) mass is 405 g/mol. The molecule has 0 aliphatic heterocycles. The Morgan fingerprint density at radius 2 is 1.96 bits per heavy atom. The summed E-state index contributed by atoms with van der Waals surface area (Å²) in [5.74, 6) is -0.600. The molecule has 1 aromatic rings. The molecule has 1 amide bonds. The summed E-state index contributed by atoms with van der Waals surface area (Å²) >= 11 is 0. The maximum absolute atomic E-state index is 13.8. The van der Waals surface area contributed by atoms with Crippen LogP contribution < -0.4 is 11.1 Å². The number of amidine groups is 1. The number of halogens is 3. The highest BCUT2D eigenvalue weighted by Crippen LogP contribution is 2.23. The lowest BCUT2D eigenvalue weighted by Gasteiger charge is -2.08. The molecule has 3 N–H and O–H groups in total. The van der Waals surface area contributed by atoms with Crippen LogP contribution >= 0.6 is 0 Å². The Kier molecular flexibility index (Phi) is 13.5. The van der Waals surface area contributed by atoms with Crippen LogP contribution in [0, 0.1) is 5.82 Å². The number of hydrogen-bond acceptors (Lipinski definition) is 4. The average molecular weight is 405 g/mol. The van der Waals surface area contributed by atoms with Crippen molar-refractivity contribution in [1.82, 2.24) is 0 Å². The van der Waals surface area contributed by atoms with Gasteiger partial charge in [0.15, 0.2) is 0 Å². The van der Waals surface area contributed by atoms with Crippen LogP contribution in [0.15, 0.2) is 23.2 Å². The number of aliphatic imine (C=N–C) groups is 1. The zero-order valence-electron chi connectivity index (χ0n) is 16.8. The van der Waals surface area contributed by atoms with E-state index in [4.69, 9.17) is 15.2 Å². The van der Waals surface area contributed by atoms with Crippen molar-refractivity contribution in [1.29, 1.82) is 0 Å². The summed E-state index contributed by atoms with van der Waals surface area (Å²) in [6.07, 6.45) is 0.185. The zero-order chi connectivity index (χ0) is 21.5. The number of hydrogen-bond donors (Lipinski definition) is 2. The third-order valence-corrected chi connectivity index (χ3v) is 3.08. The molecule has 0 heterocycles. The molecule has 1 fully saturated rings. The van der Waals surface area contributed by atoms with Crippen molar-refractivity contribution in [2.45, 2.75) is 59.1 Å². The van der Waals surface area contributed by atoms with Crippen molar-refractivity contribution in [3.63, 3.8) is 0 Å². The molecular formula is C19H30F3N3O3. The maximum Gasteiger partial charge on any atom is 0.282 e. The van der Waals surface area contributed by atoms with E-state index in [1.165, 1.54) is 25.3 Å². The normalized spacial score (nSPS) is 13.1. The molecule has 2 rings (SSSR count). The quantitative estimate of drug-likeness (QED) is 0.528. The number of nitrogens with zero attached hydrogens (tertiary/aromatic N) is 1. The van der Waals surface area contributed by atoms with Gasteiger partial charge in [0, 0.05) is 18.4 Å². The Balaban J connectivity index is 0.00000108. The number of alkyl halides is 2. The minimum atomic E-state index is -2.17.